The summed E-state index contributed by atoms with van der Waals surface area (Å²) in [4.78, 5) is 13.6. The number of carbonyl (C=O) groups excluding carboxylic acids is 1. The van der Waals surface area contributed by atoms with Crippen LogP contribution in [0, 0.1) is 6.92 Å². The predicted molar refractivity (Wildman–Crippen MR) is 160 cm³/mol. The summed E-state index contributed by atoms with van der Waals surface area (Å²) in [6.45, 7) is 1.41. The van der Waals surface area contributed by atoms with Crippen LogP contribution in [0.1, 0.15) is 22.7 Å². The van der Waals surface area contributed by atoms with E-state index in [0.29, 0.717) is 5.75 Å². The highest BCUT2D eigenvalue weighted by atomic mass is 35.5. The Balaban J connectivity index is 1.78. The number of nitrogens with one attached hydrogen (secondary N) is 1. The molecule has 4 aromatic carbocycles. The number of anilines is 1. The topological polar surface area (TPSA) is 94.2 Å². The van der Waals surface area contributed by atoms with Crippen LogP contribution in [0.15, 0.2) is 95.9 Å². The number of amides is 1. The standard InChI is InChI=1S/C31H31ClN2O6S/c1-21-10-8-9-13-25(21)31(22-11-6-5-7-12-22)33-30(35)20-34(26-18-23(32)14-16-27(26)38-2)41(36,37)24-15-17-28(39-3)29(19-24)40-4/h5-19,31H,20H2,1-4H3,(H,33,35)/t31-/m0/s1. The van der Waals surface area contributed by atoms with Gasteiger partial charge in [0.15, 0.2) is 11.5 Å². The molecule has 1 amide bonds. The summed E-state index contributed by atoms with van der Waals surface area (Å²) in [6, 6.07) is 25.5. The van der Waals surface area contributed by atoms with Gasteiger partial charge in [-0.3, -0.25) is 9.10 Å². The zero-order valence-electron chi connectivity index (χ0n) is 23.1. The molecule has 4 rings (SSSR count). The number of carbonyl (C=O) groups is 1. The molecule has 0 spiro atoms. The minimum atomic E-state index is -4.33. The molecule has 0 aliphatic rings. The number of rotatable bonds is 11. The number of aryl methyl sites for hydroxylation is 1. The molecule has 0 aromatic heterocycles. The van der Waals surface area contributed by atoms with Crippen molar-refractivity contribution in [2.24, 2.45) is 0 Å². The minimum Gasteiger partial charge on any atom is -0.495 e. The van der Waals surface area contributed by atoms with Crippen LogP contribution in [0.4, 0.5) is 5.69 Å². The number of hydrogen-bond donors (Lipinski definition) is 1. The van der Waals surface area contributed by atoms with Crippen molar-refractivity contribution < 1.29 is 27.4 Å². The maximum Gasteiger partial charge on any atom is 0.265 e. The van der Waals surface area contributed by atoms with Crippen molar-refractivity contribution in [3.8, 4) is 17.2 Å². The quantitative estimate of drug-likeness (QED) is 0.237. The Morgan fingerprint density at radius 3 is 2.12 bits per heavy atom. The first-order valence-electron chi connectivity index (χ1n) is 12.7. The molecule has 0 radical (unpaired) electrons. The van der Waals surface area contributed by atoms with Crippen molar-refractivity contribution in [3.63, 3.8) is 0 Å². The first-order chi connectivity index (χ1) is 19.7. The second-order valence-corrected chi connectivity index (χ2v) is 11.4. The second kappa shape index (κ2) is 13.0. The predicted octanol–water partition coefficient (Wildman–Crippen LogP) is 5.78. The molecule has 0 bridgehead atoms. The van der Waals surface area contributed by atoms with Crippen LogP contribution in [0.2, 0.25) is 5.02 Å². The Kier molecular flexibility index (Phi) is 9.42. The van der Waals surface area contributed by atoms with Crippen molar-refractivity contribution >= 4 is 33.2 Å². The van der Waals surface area contributed by atoms with Gasteiger partial charge in [-0.15, -0.1) is 0 Å². The smallest absolute Gasteiger partial charge is 0.265 e. The summed E-state index contributed by atoms with van der Waals surface area (Å²) in [6.07, 6.45) is 0. The van der Waals surface area contributed by atoms with E-state index in [1.807, 2.05) is 61.5 Å². The van der Waals surface area contributed by atoms with Crippen molar-refractivity contribution in [1.82, 2.24) is 5.32 Å². The maximum atomic E-state index is 14.1. The van der Waals surface area contributed by atoms with Crippen LogP contribution >= 0.6 is 11.6 Å². The second-order valence-electron chi connectivity index (χ2n) is 9.11. The zero-order valence-corrected chi connectivity index (χ0v) is 24.7. The van der Waals surface area contributed by atoms with Gasteiger partial charge in [0.25, 0.3) is 10.0 Å². The van der Waals surface area contributed by atoms with E-state index in [9.17, 15) is 13.2 Å². The first kappa shape index (κ1) is 29.8. The van der Waals surface area contributed by atoms with Gasteiger partial charge in [0.05, 0.1) is 38.0 Å². The fraction of sp³-hybridized carbons (Fsp3) is 0.194. The molecular formula is C31H31ClN2O6S. The number of benzene rings is 4. The van der Waals surface area contributed by atoms with Gasteiger partial charge in [0, 0.05) is 11.1 Å². The van der Waals surface area contributed by atoms with Crippen LogP contribution in [0.5, 0.6) is 17.2 Å². The van der Waals surface area contributed by atoms with Gasteiger partial charge in [0.1, 0.15) is 12.3 Å². The van der Waals surface area contributed by atoms with Crippen molar-refractivity contribution in [3.05, 3.63) is 113 Å². The van der Waals surface area contributed by atoms with E-state index in [1.165, 1.54) is 45.6 Å². The van der Waals surface area contributed by atoms with Gasteiger partial charge in [-0.25, -0.2) is 8.42 Å². The lowest BCUT2D eigenvalue weighted by molar-refractivity contribution is -0.120. The molecule has 0 saturated heterocycles. The van der Waals surface area contributed by atoms with Gasteiger partial charge >= 0.3 is 0 Å². The Morgan fingerprint density at radius 2 is 1.46 bits per heavy atom. The van der Waals surface area contributed by atoms with Crippen molar-refractivity contribution in [1.29, 1.82) is 0 Å². The number of sulfonamides is 1. The lowest BCUT2D eigenvalue weighted by atomic mass is 9.95. The third kappa shape index (κ3) is 6.58. The first-order valence-corrected chi connectivity index (χ1v) is 14.5. The van der Waals surface area contributed by atoms with Crippen molar-refractivity contribution in [2.75, 3.05) is 32.2 Å². The fourth-order valence-electron chi connectivity index (χ4n) is 4.50. The molecule has 1 N–H and O–H groups in total. The molecule has 1 atom stereocenters. The highest BCUT2D eigenvalue weighted by Crippen LogP contribution is 2.37. The van der Waals surface area contributed by atoms with E-state index in [1.54, 1.807) is 12.1 Å². The number of methoxy groups -OCH3 is 3. The Hall–Kier alpha value is -4.21. The van der Waals surface area contributed by atoms with Crippen LogP contribution in [0.3, 0.4) is 0 Å². The summed E-state index contributed by atoms with van der Waals surface area (Å²) in [5.41, 5.74) is 2.83. The summed E-state index contributed by atoms with van der Waals surface area (Å²) < 4.78 is 45.3. The van der Waals surface area contributed by atoms with Gasteiger partial charge in [-0.1, -0.05) is 66.2 Å². The summed E-state index contributed by atoms with van der Waals surface area (Å²) in [7, 11) is -0.0498. The van der Waals surface area contributed by atoms with Gasteiger partial charge < -0.3 is 19.5 Å². The average molecular weight is 595 g/mol. The third-order valence-corrected chi connectivity index (χ3v) is 8.57. The Morgan fingerprint density at radius 1 is 0.829 bits per heavy atom. The van der Waals surface area contributed by atoms with E-state index in [-0.39, 0.29) is 27.1 Å². The fourth-order valence-corrected chi connectivity index (χ4v) is 6.10. The number of nitrogens with zero attached hydrogens (tertiary/aromatic N) is 1. The molecule has 0 aliphatic heterocycles. The SMILES string of the molecule is COc1ccc(S(=O)(=O)N(CC(=O)N[C@@H](c2ccccc2)c2ccccc2C)c2cc(Cl)ccc2OC)cc1OC. The summed E-state index contributed by atoms with van der Waals surface area (Å²) in [5, 5.41) is 3.32. The molecule has 8 nitrogen and oxygen atoms in total. The molecular weight excluding hydrogens is 564 g/mol. The van der Waals surface area contributed by atoms with Crippen LogP contribution < -0.4 is 23.8 Å². The molecule has 0 unspecified atom stereocenters. The molecule has 4 aromatic rings. The number of hydrogen-bond acceptors (Lipinski definition) is 6. The van der Waals surface area contributed by atoms with Crippen LogP contribution in [0.25, 0.3) is 0 Å². The zero-order chi connectivity index (χ0) is 29.6. The molecule has 0 heterocycles. The molecule has 0 fully saturated rings. The number of halogens is 1. The summed E-state index contributed by atoms with van der Waals surface area (Å²) >= 11 is 6.29. The summed E-state index contributed by atoms with van der Waals surface area (Å²) in [5.74, 6) is 0.276. The molecule has 0 saturated carbocycles. The average Bonchev–Trinajstić information content (AvgIpc) is 2.99. The van der Waals surface area contributed by atoms with E-state index in [2.05, 4.69) is 5.32 Å². The van der Waals surface area contributed by atoms with E-state index in [0.717, 1.165) is 21.0 Å². The lowest BCUT2D eigenvalue weighted by Crippen LogP contribution is -2.42. The van der Waals surface area contributed by atoms with E-state index < -0.39 is 28.5 Å². The van der Waals surface area contributed by atoms with E-state index in [4.69, 9.17) is 25.8 Å². The van der Waals surface area contributed by atoms with Crippen LogP contribution in [-0.4, -0.2) is 42.2 Å². The lowest BCUT2D eigenvalue weighted by Gasteiger charge is -2.28. The highest BCUT2D eigenvalue weighted by molar-refractivity contribution is 7.92. The van der Waals surface area contributed by atoms with E-state index >= 15 is 0 Å². The minimum absolute atomic E-state index is 0.108. The molecule has 10 heteroatoms. The largest absolute Gasteiger partial charge is 0.495 e. The number of ether oxygens (including phenoxy) is 3. The third-order valence-electron chi connectivity index (χ3n) is 6.58. The normalized spacial score (nSPS) is 11.8. The van der Waals surface area contributed by atoms with Gasteiger partial charge in [-0.2, -0.15) is 0 Å². The van der Waals surface area contributed by atoms with Gasteiger partial charge in [-0.05, 0) is 53.9 Å². The Labute approximate surface area is 245 Å². The van der Waals surface area contributed by atoms with Crippen molar-refractivity contribution in [2.45, 2.75) is 17.9 Å². The molecule has 41 heavy (non-hydrogen) atoms. The molecule has 214 valence electrons. The highest BCUT2D eigenvalue weighted by Gasteiger charge is 2.31. The monoisotopic (exact) mass is 594 g/mol. The molecule has 0 aliphatic carbocycles. The van der Waals surface area contributed by atoms with Gasteiger partial charge in [0.2, 0.25) is 5.91 Å². The maximum absolute atomic E-state index is 14.1. The Bertz CT molecular complexity index is 1630. The van der Waals surface area contributed by atoms with Crippen LogP contribution in [-0.2, 0) is 14.8 Å².